The average molecular weight is 443 g/mol. The van der Waals surface area contributed by atoms with Gasteiger partial charge in [-0.1, -0.05) is 38.8 Å². The van der Waals surface area contributed by atoms with Crippen LogP contribution in [-0.2, 0) is 4.79 Å². The predicted molar refractivity (Wildman–Crippen MR) is 133 cm³/mol. The van der Waals surface area contributed by atoms with E-state index in [1.807, 2.05) is 0 Å². The van der Waals surface area contributed by atoms with E-state index in [9.17, 15) is 4.79 Å². The van der Waals surface area contributed by atoms with Crippen molar-refractivity contribution in [3.63, 3.8) is 0 Å². The number of ether oxygens (including phenoxy) is 1. The molecule has 2 saturated heterocycles. The van der Waals surface area contributed by atoms with Crippen molar-refractivity contribution in [3.05, 3.63) is 29.8 Å². The third-order valence-corrected chi connectivity index (χ3v) is 7.75. The van der Waals surface area contributed by atoms with Crippen LogP contribution < -0.4 is 4.74 Å². The molecule has 0 aromatic heterocycles. The third kappa shape index (κ3) is 6.73. The van der Waals surface area contributed by atoms with Crippen LogP contribution in [-0.4, -0.2) is 54.0 Å². The Bertz CT molecular complexity index is 665. The normalized spacial score (nSPS) is 22.6. The van der Waals surface area contributed by atoms with Gasteiger partial charge in [-0.05, 0) is 82.4 Å². The molecule has 0 spiro atoms. The Morgan fingerprint density at radius 2 is 1.56 bits per heavy atom. The molecule has 3 rings (SSSR count). The molecule has 1 aromatic carbocycles. The van der Waals surface area contributed by atoms with Crippen LogP contribution >= 0.6 is 0 Å². The molecule has 2 heterocycles. The molecular formula is C28H46N2O2. The molecule has 180 valence electrons. The summed E-state index contributed by atoms with van der Waals surface area (Å²) in [7, 11) is 0. The molecule has 2 atom stereocenters. The quantitative estimate of drug-likeness (QED) is 0.380. The zero-order valence-electron chi connectivity index (χ0n) is 21.0. The Morgan fingerprint density at radius 1 is 0.969 bits per heavy atom. The highest BCUT2D eigenvalue weighted by Gasteiger charge is 2.28. The lowest BCUT2D eigenvalue weighted by molar-refractivity contribution is -0.137. The molecular weight excluding hydrogens is 396 g/mol. The van der Waals surface area contributed by atoms with Gasteiger partial charge in [0, 0.05) is 37.6 Å². The number of hydrogen-bond acceptors (Lipinski definition) is 3. The maximum atomic E-state index is 12.9. The molecule has 4 heteroatoms. The zero-order valence-corrected chi connectivity index (χ0v) is 21.0. The zero-order chi connectivity index (χ0) is 22.9. The fraction of sp³-hybridized carbons (Fsp3) is 0.750. The summed E-state index contributed by atoms with van der Waals surface area (Å²) in [5.41, 5.74) is 1.39. The number of amides is 1. The number of rotatable bonds is 11. The van der Waals surface area contributed by atoms with Gasteiger partial charge in [-0.25, -0.2) is 0 Å². The van der Waals surface area contributed by atoms with Gasteiger partial charge in [0.25, 0.3) is 0 Å². The van der Waals surface area contributed by atoms with Crippen molar-refractivity contribution >= 4 is 5.91 Å². The van der Waals surface area contributed by atoms with E-state index in [1.165, 1.54) is 18.4 Å². The van der Waals surface area contributed by atoms with Crippen molar-refractivity contribution in [1.82, 2.24) is 9.80 Å². The molecule has 0 bridgehead atoms. The molecule has 0 unspecified atom stereocenters. The van der Waals surface area contributed by atoms with Gasteiger partial charge in [-0.15, -0.1) is 0 Å². The number of benzene rings is 1. The first kappa shape index (κ1) is 25.1. The number of nitrogens with zero attached hydrogens (tertiary/aromatic N) is 2. The molecule has 0 N–H and O–H groups in total. The summed E-state index contributed by atoms with van der Waals surface area (Å²) in [5, 5.41) is 0. The molecule has 0 radical (unpaired) electrons. The minimum absolute atomic E-state index is 0.231. The van der Waals surface area contributed by atoms with Crippen molar-refractivity contribution in [3.8, 4) is 5.75 Å². The first-order valence-corrected chi connectivity index (χ1v) is 13.3. The monoisotopic (exact) mass is 442 g/mol. The molecule has 4 nitrogen and oxygen atoms in total. The van der Waals surface area contributed by atoms with Crippen LogP contribution in [0.2, 0.25) is 0 Å². The minimum atomic E-state index is 0.231. The Hall–Kier alpha value is -1.55. The second kappa shape index (κ2) is 12.6. The molecule has 1 aromatic rings. The van der Waals surface area contributed by atoms with Crippen molar-refractivity contribution < 1.29 is 9.53 Å². The van der Waals surface area contributed by atoms with Gasteiger partial charge in [0.05, 0.1) is 6.61 Å². The number of likely N-dealkylation sites (tertiary alicyclic amines) is 2. The van der Waals surface area contributed by atoms with Crippen LogP contribution in [0.1, 0.15) is 97.0 Å². The second-order valence-electron chi connectivity index (χ2n) is 10.2. The van der Waals surface area contributed by atoms with Gasteiger partial charge in [0.1, 0.15) is 5.75 Å². The van der Waals surface area contributed by atoms with Crippen molar-refractivity contribution in [2.45, 2.75) is 103 Å². The lowest BCUT2D eigenvalue weighted by Crippen LogP contribution is -2.41. The van der Waals surface area contributed by atoms with Gasteiger partial charge in [-0.2, -0.15) is 0 Å². The number of carbonyl (C=O) groups is 1. The van der Waals surface area contributed by atoms with E-state index in [0.717, 1.165) is 89.0 Å². The molecule has 0 aliphatic carbocycles. The van der Waals surface area contributed by atoms with E-state index in [-0.39, 0.29) is 5.92 Å². The lowest BCUT2D eigenvalue weighted by Gasteiger charge is -2.34. The summed E-state index contributed by atoms with van der Waals surface area (Å²) < 4.78 is 6.02. The SMILES string of the molecule is CCCC(CCC)C(=O)N1CCC(c2ccc(OCCCN3[C@H](C)CC[C@H]3C)cc2)CC1. The van der Waals surface area contributed by atoms with E-state index in [0.29, 0.717) is 11.8 Å². The summed E-state index contributed by atoms with van der Waals surface area (Å²) in [6, 6.07) is 10.2. The van der Waals surface area contributed by atoms with E-state index < -0.39 is 0 Å². The number of carbonyl (C=O) groups excluding carboxylic acids is 1. The van der Waals surface area contributed by atoms with Crippen LogP contribution in [0.4, 0.5) is 0 Å². The van der Waals surface area contributed by atoms with Crippen LogP contribution in [0.25, 0.3) is 0 Å². The largest absolute Gasteiger partial charge is 0.494 e. The molecule has 2 aliphatic heterocycles. The van der Waals surface area contributed by atoms with Crippen LogP contribution in [0, 0.1) is 5.92 Å². The topological polar surface area (TPSA) is 32.8 Å². The van der Waals surface area contributed by atoms with Crippen molar-refractivity contribution in [1.29, 1.82) is 0 Å². The molecule has 32 heavy (non-hydrogen) atoms. The van der Waals surface area contributed by atoms with Crippen LogP contribution in [0.15, 0.2) is 24.3 Å². The van der Waals surface area contributed by atoms with Gasteiger partial charge in [0.15, 0.2) is 0 Å². The fourth-order valence-corrected chi connectivity index (χ4v) is 5.74. The van der Waals surface area contributed by atoms with E-state index in [2.05, 4.69) is 61.8 Å². The summed E-state index contributed by atoms with van der Waals surface area (Å²) in [5.74, 6) is 2.16. The Labute approximate surface area is 196 Å². The Balaban J connectivity index is 1.40. The molecule has 0 saturated carbocycles. The molecule has 1 amide bonds. The summed E-state index contributed by atoms with van der Waals surface area (Å²) in [6.07, 6.45) is 10.1. The predicted octanol–water partition coefficient (Wildman–Crippen LogP) is 6.25. The third-order valence-electron chi connectivity index (χ3n) is 7.75. The second-order valence-corrected chi connectivity index (χ2v) is 10.2. The highest BCUT2D eigenvalue weighted by atomic mass is 16.5. The highest BCUT2D eigenvalue weighted by Crippen LogP contribution is 2.31. The molecule has 2 aliphatic rings. The van der Waals surface area contributed by atoms with Gasteiger partial charge in [-0.3, -0.25) is 9.69 Å². The van der Waals surface area contributed by atoms with Gasteiger partial charge >= 0.3 is 0 Å². The smallest absolute Gasteiger partial charge is 0.225 e. The number of hydrogen-bond donors (Lipinski definition) is 0. The fourth-order valence-electron chi connectivity index (χ4n) is 5.74. The van der Waals surface area contributed by atoms with Crippen LogP contribution in [0.3, 0.4) is 0 Å². The van der Waals surface area contributed by atoms with Crippen molar-refractivity contribution in [2.75, 3.05) is 26.2 Å². The minimum Gasteiger partial charge on any atom is -0.494 e. The van der Waals surface area contributed by atoms with E-state index >= 15 is 0 Å². The van der Waals surface area contributed by atoms with Crippen molar-refractivity contribution in [2.24, 2.45) is 5.92 Å². The highest BCUT2D eigenvalue weighted by molar-refractivity contribution is 5.78. The summed E-state index contributed by atoms with van der Waals surface area (Å²) >= 11 is 0. The maximum Gasteiger partial charge on any atom is 0.225 e. The number of piperidine rings is 1. The maximum absolute atomic E-state index is 12.9. The standard InChI is InChI=1S/C28H46N2O2/c1-5-8-26(9-6-2)28(31)29-19-16-25(17-20-29)24-12-14-27(15-13-24)32-21-7-18-30-22(3)10-11-23(30)4/h12-15,22-23,25-26H,5-11,16-21H2,1-4H3/t22-,23-/m1/s1. The average Bonchev–Trinajstić information content (AvgIpc) is 3.14. The summed E-state index contributed by atoms with van der Waals surface area (Å²) in [4.78, 5) is 17.7. The Kier molecular flexibility index (Phi) is 9.90. The summed E-state index contributed by atoms with van der Waals surface area (Å²) in [6.45, 7) is 12.8. The molecule has 2 fully saturated rings. The first-order chi connectivity index (χ1) is 15.5. The van der Waals surface area contributed by atoms with Gasteiger partial charge in [0.2, 0.25) is 5.91 Å². The van der Waals surface area contributed by atoms with E-state index in [4.69, 9.17) is 4.74 Å². The van der Waals surface area contributed by atoms with Gasteiger partial charge < -0.3 is 9.64 Å². The first-order valence-electron chi connectivity index (χ1n) is 13.3. The lowest BCUT2D eigenvalue weighted by atomic mass is 9.88. The van der Waals surface area contributed by atoms with E-state index in [1.54, 1.807) is 0 Å². The Morgan fingerprint density at radius 3 is 2.12 bits per heavy atom. The van der Waals surface area contributed by atoms with Crippen LogP contribution in [0.5, 0.6) is 5.75 Å².